The molecule has 1 saturated heterocycles. The molecule has 1 amide bonds. The monoisotopic (exact) mass is 488 g/mol. The summed E-state index contributed by atoms with van der Waals surface area (Å²) in [5, 5.41) is 21.9. The number of aryl methyl sites for hydroxylation is 2. The van der Waals surface area contributed by atoms with Gasteiger partial charge in [0.15, 0.2) is 0 Å². The highest BCUT2D eigenvalue weighted by Crippen LogP contribution is 2.32. The molecule has 0 radical (unpaired) electrons. The average molecular weight is 489 g/mol. The number of rotatable bonds is 4. The van der Waals surface area contributed by atoms with Gasteiger partial charge in [-0.15, -0.1) is 16.4 Å². The number of thiophene rings is 1. The van der Waals surface area contributed by atoms with E-state index in [1.807, 2.05) is 43.1 Å². The Morgan fingerprint density at radius 1 is 1.27 bits per heavy atom. The number of aromatic nitrogens is 3. The molecule has 3 heterocycles. The summed E-state index contributed by atoms with van der Waals surface area (Å²) in [6.45, 7) is 5.23. The van der Waals surface area contributed by atoms with Crippen LogP contribution < -0.4 is 0 Å². The third kappa shape index (κ3) is 4.50. The molecule has 1 unspecified atom stereocenters. The molecule has 1 aliphatic heterocycles. The molecule has 8 heteroatoms. The lowest BCUT2D eigenvalue weighted by molar-refractivity contribution is -0.130. The fourth-order valence-corrected chi connectivity index (χ4v) is 5.28. The SMILES string of the molecule is Cc1csc(CC(=O)N2CCCC(O)(c3cn(-c4ccc(Br)cc4C)nn3)CC2)c1. The zero-order valence-corrected chi connectivity index (χ0v) is 19.5. The molecule has 4 rings (SSSR count). The minimum absolute atomic E-state index is 0.121. The van der Waals surface area contributed by atoms with E-state index in [4.69, 9.17) is 0 Å². The van der Waals surface area contributed by atoms with Gasteiger partial charge in [-0.2, -0.15) is 0 Å². The van der Waals surface area contributed by atoms with Crippen LogP contribution in [-0.2, 0) is 16.8 Å². The van der Waals surface area contributed by atoms with Crippen LogP contribution in [0.25, 0.3) is 5.69 Å². The number of benzene rings is 1. The molecule has 158 valence electrons. The molecule has 2 aromatic heterocycles. The van der Waals surface area contributed by atoms with Crippen LogP contribution in [0.5, 0.6) is 0 Å². The smallest absolute Gasteiger partial charge is 0.227 e. The Morgan fingerprint density at radius 2 is 2.10 bits per heavy atom. The maximum absolute atomic E-state index is 12.7. The van der Waals surface area contributed by atoms with Crippen molar-refractivity contribution in [3.63, 3.8) is 0 Å². The number of carbonyl (C=O) groups is 1. The van der Waals surface area contributed by atoms with Crippen LogP contribution in [0.4, 0.5) is 0 Å². The Bertz CT molecular complexity index is 1060. The Morgan fingerprint density at radius 3 is 2.83 bits per heavy atom. The van der Waals surface area contributed by atoms with Gasteiger partial charge >= 0.3 is 0 Å². The van der Waals surface area contributed by atoms with Gasteiger partial charge in [-0.25, -0.2) is 4.68 Å². The van der Waals surface area contributed by atoms with Crippen molar-refractivity contribution < 1.29 is 9.90 Å². The van der Waals surface area contributed by atoms with Crippen LogP contribution in [0.1, 0.15) is 41.0 Å². The highest BCUT2D eigenvalue weighted by Gasteiger charge is 2.36. The van der Waals surface area contributed by atoms with Gasteiger partial charge < -0.3 is 10.0 Å². The first kappa shape index (κ1) is 21.2. The van der Waals surface area contributed by atoms with E-state index in [1.165, 1.54) is 5.56 Å². The molecule has 3 aromatic rings. The van der Waals surface area contributed by atoms with Gasteiger partial charge in [0.25, 0.3) is 0 Å². The Kier molecular flexibility index (Phi) is 6.09. The van der Waals surface area contributed by atoms with E-state index in [-0.39, 0.29) is 5.91 Å². The van der Waals surface area contributed by atoms with Gasteiger partial charge in [0.1, 0.15) is 11.3 Å². The molecule has 30 heavy (non-hydrogen) atoms. The number of amides is 1. The summed E-state index contributed by atoms with van der Waals surface area (Å²) in [6.07, 6.45) is 3.99. The first-order chi connectivity index (χ1) is 14.3. The lowest BCUT2D eigenvalue weighted by Gasteiger charge is -2.24. The summed E-state index contributed by atoms with van der Waals surface area (Å²) in [5.41, 5.74) is 2.67. The second-order valence-electron chi connectivity index (χ2n) is 8.01. The molecule has 1 aromatic carbocycles. The lowest BCUT2D eigenvalue weighted by Crippen LogP contribution is -2.34. The standard InChI is InChI=1S/C22H25BrN4O2S/c1-15-10-18(30-14-15)12-21(28)26-8-3-6-22(29,7-9-26)20-13-27(25-24-20)19-5-4-17(23)11-16(19)2/h4-5,10-11,13-14,29H,3,6-9,12H2,1-2H3. The van der Waals surface area contributed by atoms with Crippen molar-refractivity contribution in [3.05, 3.63) is 62.0 Å². The molecule has 1 aliphatic rings. The maximum atomic E-state index is 12.7. The second-order valence-corrected chi connectivity index (χ2v) is 9.92. The molecule has 6 nitrogen and oxygen atoms in total. The number of likely N-dealkylation sites (tertiary alicyclic amines) is 1. The van der Waals surface area contributed by atoms with E-state index in [0.29, 0.717) is 38.0 Å². The normalized spacial score (nSPS) is 19.7. The lowest BCUT2D eigenvalue weighted by atomic mass is 9.92. The predicted octanol–water partition coefficient (Wildman–Crippen LogP) is 4.15. The third-order valence-corrected chi connectivity index (χ3v) is 7.20. The van der Waals surface area contributed by atoms with Crippen LogP contribution in [0.2, 0.25) is 0 Å². The van der Waals surface area contributed by atoms with Gasteiger partial charge in [-0.1, -0.05) is 21.1 Å². The minimum atomic E-state index is -1.07. The number of hydrogen-bond donors (Lipinski definition) is 1. The summed E-state index contributed by atoms with van der Waals surface area (Å²) in [4.78, 5) is 15.7. The van der Waals surface area contributed by atoms with Gasteiger partial charge in [0, 0.05) is 22.4 Å². The Balaban J connectivity index is 1.46. The summed E-state index contributed by atoms with van der Waals surface area (Å²) < 4.78 is 2.72. The van der Waals surface area contributed by atoms with Crippen LogP contribution in [0.3, 0.4) is 0 Å². The quantitative estimate of drug-likeness (QED) is 0.598. The van der Waals surface area contributed by atoms with Crippen molar-refractivity contribution in [3.8, 4) is 5.69 Å². The largest absolute Gasteiger partial charge is 0.383 e. The molecule has 1 fully saturated rings. The summed E-state index contributed by atoms with van der Waals surface area (Å²) in [6, 6.07) is 8.03. The number of carbonyl (C=O) groups excluding carboxylic acids is 1. The Hall–Kier alpha value is -2.03. The number of nitrogens with zero attached hydrogens (tertiary/aromatic N) is 4. The van der Waals surface area contributed by atoms with Crippen LogP contribution in [-0.4, -0.2) is 44.0 Å². The molecular formula is C22H25BrN4O2S. The molecular weight excluding hydrogens is 464 g/mol. The number of halogens is 1. The highest BCUT2D eigenvalue weighted by atomic mass is 79.9. The first-order valence-corrected chi connectivity index (χ1v) is 11.7. The molecule has 0 spiro atoms. The molecule has 1 atom stereocenters. The van der Waals surface area contributed by atoms with E-state index in [1.54, 1.807) is 16.0 Å². The van der Waals surface area contributed by atoms with Crippen molar-refractivity contribution in [2.45, 2.75) is 45.1 Å². The van der Waals surface area contributed by atoms with E-state index in [2.05, 4.69) is 37.7 Å². The minimum Gasteiger partial charge on any atom is -0.383 e. The fourth-order valence-electron chi connectivity index (χ4n) is 3.94. The predicted molar refractivity (Wildman–Crippen MR) is 121 cm³/mol. The second kappa shape index (κ2) is 8.61. The van der Waals surface area contributed by atoms with E-state index < -0.39 is 5.60 Å². The first-order valence-electron chi connectivity index (χ1n) is 10.1. The van der Waals surface area contributed by atoms with E-state index in [0.717, 1.165) is 27.0 Å². The summed E-state index contributed by atoms with van der Waals surface area (Å²) >= 11 is 5.10. The van der Waals surface area contributed by atoms with Gasteiger partial charge in [0.05, 0.1) is 18.3 Å². The number of aliphatic hydroxyl groups is 1. The van der Waals surface area contributed by atoms with Gasteiger partial charge in [0.2, 0.25) is 5.91 Å². The van der Waals surface area contributed by atoms with Crippen LogP contribution in [0, 0.1) is 13.8 Å². The van der Waals surface area contributed by atoms with Crippen molar-refractivity contribution in [1.82, 2.24) is 19.9 Å². The highest BCUT2D eigenvalue weighted by molar-refractivity contribution is 9.10. The van der Waals surface area contributed by atoms with Gasteiger partial charge in [-0.3, -0.25) is 4.79 Å². The summed E-state index contributed by atoms with van der Waals surface area (Å²) in [7, 11) is 0. The topological polar surface area (TPSA) is 71.2 Å². The molecule has 0 bridgehead atoms. The Labute approximate surface area is 188 Å². The third-order valence-electron chi connectivity index (χ3n) is 5.65. The van der Waals surface area contributed by atoms with Crippen molar-refractivity contribution in [2.75, 3.05) is 13.1 Å². The van der Waals surface area contributed by atoms with E-state index >= 15 is 0 Å². The molecule has 1 N–H and O–H groups in total. The average Bonchev–Trinajstić information content (AvgIpc) is 3.29. The zero-order chi connectivity index (χ0) is 21.3. The zero-order valence-electron chi connectivity index (χ0n) is 17.1. The van der Waals surface area contributed by atoms with E-state index in [9.17, 15) is 9.90 Å². The van der Waals surface area contributed by atoms with Crippen LogP contribution >= 0.6 is 27.3 Å². The fraction of sp³-hybridized carbons (Fsp3) is 0.409. The van der Waals surface area contributed by atoms with Crippen molar-refractivity contribution in [2.24, 2.45) is 0 Å². The summed E-state index contributed by atoms with van der Waals surface area (Å²) in [5.74, 6) is 0.121. The van der Waals surface area contributed by atoms with Crippen LogP contribution in [0.15, 0.2) is 40.3 Å². The maximum Gasteiger partial charge on any atom is 0.227 e. The molecule has 0 aliphatic carbocycles. The molecule has 0 saturated carbocycles. The van der Waals surface area contributed by atoms with Gasteiger partial charge in [-0.05, 0) is 73.9 Å². The van der Waals surface area contributed by atoms with Crippen molar-refractivity contribution in [1.29, 1.82) is 0 Å². The number of hydrogen-bond acceptors (Lipinski definition) is 5. The van der Waals surface area contributed by atoms with Crippen molar-refractivity contribution >= 4 is 33.2 Å².